The zero-order valence-electron chi connectivity index (χ0n) is 17.6. The van der Waals surface area contributed by atoms with Gasteiger partial charge in [0.25, 0.3) is 11.8 Å². The number of benzene rings is 2. The number of nitrogens with two attached hydrogens (primary N) is 1. The number of sulfonamides is 1. The van der Waals surface area contributed by atoms with Gasteiger partial charge in [0, 0.05) is 11.6 Å². The minimum Gasteiger partial charge on any atom is -0.323 e. The predicted molar refractivity (Wildman–Crippen MR) is 116 cm³/mol. The number of carbonyl (C=O) groups is 3. The molecule has 1 aliphatic heterocycles. The van der Waals surface area contributed by atoms with Crippen molar-refractivity contribution < 1.29 is 22.8 Å². The number of imide groups is 1. The average Bonchev–Trinajstić information content (AvgIpc) is 3.01. The van der Waals surface area contributed by atoms with Crippen molar-refractivity contribution in [2.24, 2.45) is 5.14 Å². The topological polar surface area (TPSA) is 118 Å². The quantitative estimate of drug-likeness (QED) is 0.687. The highest BCUT2D eigenvalue weighted by Crippen LogP contribution is 2.29. The maximum atomic E-state index is 13.3. The van der Waals surface area contributed by atoms with Crippen molar-refractivity contribution in [1.82, 2.24) is 4.90 Å². The first kappa shape index (κ1) is 22.6. The van der Waals surface area contributed by atoms with Gasteiger partial charge in [0.15, 0.2) is 0 Å². The molecule has 1 aliphatic rings. The van der Waals surface area contributed by atoms with Crippen LogP contribution in [0.25, 0.3) is 0 Å². The van der Waals surface area contributed by atoms with Crippen molar-refractivity contribution in [1.29, 1.82) is 0 Å². The number of amides is 3. The molecule has 164 valence electrons. The summed E-state index contributed by atoms with van der Waals surface area (Å²) in [5.74, 6) is -1.29. The van der Waals surface area contributed by atoms with Crippen LogP contribution in [0.3, 0.4) is 0 Å². The molecule has 3 rings (SSSR count). The molecule has 0 saturated carbocycles. The maximum Gasteiger partial charge on any atom is 0.257 e. The minimum atomic E-state index is -3.90. The zero-order chi connectivity index (χ0) is 22.9. The van der Waals surface area contributed by atoms with Crippen molar-refractivity contribution in [3.05, 3.63) is 59.7 Å². The van der Waals surface area contributed by atoms with Gasteiger partial charge in [-0.25, -0.2) is 18.5 Å². The molecule has 2 unspecified atom stereocenters. The lowest BCUT2D eigenvalue weighted by molar-refractivity contribution is -0.122. The van der Waals surface area contributed by atoms with Crippen molar-refractivity contribution in [3.8, 4) is 0 Å². The molecule has 8 nitrogen and oxygen atoms in total. The van der Waals surface area contributed by atoms with Crippen molar-refractivity contribution >= 4 is 33.4 Å². The molecule has 2 N–H and O–H groups in total. The van der Waals surface area contributed by atoms with E-state index < -0.39 is 27.9 Å². The molecule has 1 heterocycles. The number of hydrogen-bond donors (Lipinski definition) is 1. The summed E-state index contributed by atoms with van der Waals surface area (Å²) < 4.78 is 22.9. The molecule has 1 fully saturated rings. The number of hydrogen-bond acceptors (Lipinski definition) is 5. The maximum absolute atomic E-state index is 13.3. The molecule has 0 bridgehead atoms. The molecule has 1 saturated heterocycles. The molecular weight excluding hydrogens is 418 g/mol. The second kappa shape index (κ2) is 8.60. The first-order valence-corrected chi connectivity index (χ1v) is 11.5. The van der Waals surface area contributed by atoms with Gasteiger partial charge in [0.1, 0.15) is 6.04 Å². The van der Waals surface area contributed by atoms with Crippen LogP contribution >= 0.6 is 0 Å². The van der Waals surface area contributed by atoms with E-state index in [9.17, 15) is 22.8 Å². The highest BCUT2D eigenvalue weighted by molar-refractivity contribution is 7.89. The SMILES string of the molecule is CCC(C)N(C(=O)c1ccc(C)cc1)C1CC(=O)N(c2ccc(S(N)(=O)=O)cc2)C1=O. The summed E-state index contributed by atoms with van der Waals surface area (Å²) in [6, 6.07) is 11.0. The average molecular weight is 444 g/mol. The fourth-order valence-corrected chi connectivity index (χ4v) is 4.10. The Morgan fingerprint density at radius 2 is 1.71 bits per heavy atom. The van der Waals surface area contributed by atoms with Gasteiger partial charge in [-0.1, -0.05) is 24.6 Å². The molecular formula is C22H25N3O5S. The van der Waals surface area contributed by atoms with Crippen molar-refractivity contribution in [2.75, 3.05) is 4.90 Å². The van der Waals surface area contributed by atoms with E-state index in [1.807, 2.05) is 32.9 Å². The fraction of sp³-hybridized carbons (Fsp3) is 0.318. The van der Waals surface area contributed by atoms with Crippen LogP contribution in [-0.2, 0) is 19.6 Å². The Hall–Kier alpha value is -3.04. The van der Waals surface area contributed by atoms with E-state index in [-0.39, 0.29) is 29.0 Å². The van der Waals surface area contributed by atoms with E-state index in [0.717, 1.165) is 10.5 Å². The Morgan fingerprint density at radius 1 is 1.13 bits per heavy atom. The van der Waals surface area contributed by atoms with Crippen LogP contribution in [0.2, 0.25) is 0 Å². The van der Waals surface area contributed by atoms with Gasteiger partial charge in [-0.3, -0.25) is 14.4 Å². The Bertz CT molecular complexity index is 1110. The lowest BCUT2D eigenvalue weighted by atomic mass is 10.1. The second-order valence-corrected chi connectivity index (χ2v) is 9.22. The Balaban J connectivity index is 1.93. The Labute approximate surface area is 181 Å². The third kappa shape index (κ3) is 4.52. The highest BCUT2D eigenvalue weighted by atomic mass is 32.2. The molecule has 0 spiro atoms. The number of aryl methyl sites for hydroxylation is 1. The van der Waals surface area contributed by atoms with Crippen LogP contribution in [0, 0.1) is 6.92 Å². The summed E-state index contributed by atoms with van der Waals surface area (Å²) in [6.45, 7) is 5.66. The van der Waals surface area contributed by atoms with Gasteiger partial charge in [-0.15, -0.1) is 0 Å². The van der Waals surface area contributed by atoms with Crippen LogP contribution < -0.4 is 10.0 Å². The zero-order valence-corrected chi connectivity index (χ0v) is 18.4. The van der Waals surface area contributed by atoms with Crippen LogP contribution in [-0.4, -0.2) is 43.1 Å². The van der Waals surface area contributed by atoms with Gasteiger partial charge >= 0.3 is 0 Å². The summed E-state index contributed by atoms with van der Waals surface area (Å²) in [7, 11) is -3.90. The molecule has 0 aliphatic carbocycles. The lowest BCUT2D eigenvalue weighted by Crippen LogP contribution is -2.49. The molecule has 0 radical (unpaired) electrons. The largest absolute Gasteiger partial charge is 0.323 e. The molecule has 2 aromatic carbocycles. The van der Waals surface area contributed by atoms with E-state index in [2.05, 4.69) is 0 Å². The van der Waals surface area contributed by atoms with Gasteiger partial charge in [-0.2, -0.15) is 0 Å². The molecule has 2 aromatic rings. The van der Waals surface area contributed by atoms with Crippen LogP contribution in [0.5, 0.6) is 0 Å². The predicted octanol–water partition coefficient (Wildman–Crippen LogP) is 2.22. The second-order valence-electron chi connectivity index (χ2n) is 7.66. The summed E-state index contributed by atoms with van der Waals surface area (Å²) in [5, 5.41) is 5.10. The molecule has 9 heteroatoms. The van der Waals surface area contributed by atoms with E-state index in [4.69, 9.17) is 5.14 Å². The van der Waals surface area contributed by atoms with Crippen LogP contribution in [0.1, 0.15) is 42.6 Å². The molecule has 3 amide bonds. The summed E-state index contributed by atoms with van der Waals surface area (Å²) in [4.78, 5) is 41.5. The van der Waals surface area contributed by atoms with Crippen molar-refractivity contribution in [3.63, 3.8) is 0 Å². The normalized spacial score (nSPS) is 17.7. The van der Waals surface area contributed by atoms with Gasteiger partial charge in [-0.05, 0) is 56.7 Å². The molecule has 2 atom stereocenters. The Kier molecular flexibility index (Phi) is 6.28. The number of anilines is 1. The minimum absolute atomic E-state index is 0.123. The van der Waals surface area contributed by atoms with Crippen LogP contribution in [0.15, 0.2) is 53.4 Å². The van der Waals surface area contributed by atoms with E-state index in [1.165, 1.54) is 29.2 Å². The number of carbonyl (C=O) groups excluding carboxylic acids is 3. The molecule has 0 aromatic heterocycles. The standard InChI is InChI=1S/C22H25N3O5S/c1-4-15(3)24(21(27)16-7-5-14(2)6-8-16)19-13-20(26)25(22(19)28)17-9-11-18(12-10-17)31(23,29)30/h5-12,15,19H,4,13H2,1-3H3,(H2,23,29,30). The highest BCUT2D eigenvalue weighted by Gasteiger charge is 2.45. The van der Waals surface area contributed by atoms with E-state index in [0.29, 0.717) is 12.0 Å². The summed E-state index contributed by atoms with van der Waals surface area (Å²) in [5.41, 5.74) is 1.69. The summed E-state index contributed by atoms with van der Waals surface area (Å²) in [6.07, 6.45) is 0.469. The van der Waals surface area contributed by atoms with Crippen LogP contribution in [0.4, 0.5) is 5.69 Å². The summed E-state index contributed by atoms with van der Waals surface area (Å²) >= 11 is 0. The smallest absolute Gasteiger partial charge is 0.257 e. The van der Waals surface area contributed by atoms with E-state index >= 15 is 0 Å². The monoisotopic (exact) mass is 443 g/mol. The third-order valence-corrected chi connectivity index (χ3v) is 6.41. The fourth-order valence-electron chi connectivity index (χ4n) is 3.58. The first-order valence-electron chi connectivity index (χ1n) is 9.93. The van der Waals surface area contributed by atoms with Crippen molar-refractivity contribution in [2.45, 2.75) is 50.6 Å². The van der Waals surface area contributed by atoms with Gasteiger partial charge in [0.2, 0.25) is 15.9 Å². The number of rotatable bonds is 6. The number of nitrogens with zero attached hydrogens (tertiary/aromatic N) is 2. The van der Waals surface area contributed by atoms with Gasteiger partial charge in [0.05, 0.1) is 17.0 Å². The molecule has 31 heavy (non-hydrogen) atoms. The number of primary sulfonamides is 1. The van der Waals surface area contributed by atoms with Gasteiger partial charge < -0.3 is 4.90 Å². The Morgan fingerprint density at radius 3 is 2.23 bits per heavy atom. The lowest BCUT2D eigenvalue weighted by Gasteiger charge is -2.33. The van der Waals surface area contributed by atoms with E-state index in [1.54, 1.807) is 12.1 Å². The first-order chi connectivity index (χ1) is 14.5. The third-order valence-electron chi connectivity index (χ3n) is 5.48.